The van der Waals surface area contributed by atoms with Crippen molar-refractivity contribution in [2.45, 2.75) is 13.5 Å². The summed E-state index contributed by atoms with van der Waals surface area (Å²) in [6.07, 6.45) is 0. The van der Waals surface area contributed by atoms with Crippen LogP contribution in [0.25, 0.3) is 0 Å². The average Bonchev–Trinajstić information content (AvgIpc) is 2.54. The SMILES string of the molecule is CCOc1cc(CN)ccc1OCC(=O)N1CCOCC1. The topological polar surface area (TPSA) is 74.0 Å². The third-order valence-corrected chi connectivity index (χ3v) is 3.26. The van der Waals surface area contributed by atoms with Crippen LogP contribution in [0.5, 0.6) is 11.5 Å². The van der Waals surface area contributed by atoms with Crippen LogP contribution in [0.3, 0.4) is 0 Å². The lowest BCUT2D eigenvalue weighted by atomic mass is 10.2. The first-order chi connectivity index (χ1) is 10.2. The third kappa shape index (κ3) is 4.34. The zero-order chi connectivity index (χ0) is 15.1. The molecule has 1 aliphatic heterocycles. The zero-order valence-corrected chi connectivity index (χ0v) is 12.3. The molecule has 0 unspecified atom stereocenters. The first-order valence-corrected chi connectivity index (χ1v) is 7.18. The number of ether oxygens (including phenoxy) is 3. The van der Waals surface area contributed by atoms with Crippen LogP contribution in [-0.2, 0) is 16.1 Å². The minimum atomic E-state index is -0.0383. The fourth-order valence-electron chi connectivity index (χ4n) is 2.11. The van der Waals surface area contributed by atoms with Gasteiger partial charge in [0.25, 0.3) is 5.91 Å². The first-order valence-electron chi connectivity index (χ1n) is 7.18. The minimum absolute atomic E-state index is 0.00203. The summed E-state index contributed by atoms with van der Waals surface area (Å²) in [5.41, 5.74) is 6.58. The van der Waals surface area contributed by atoms with Gasteiger partial charge in [-0.3, -0.25) is 4.79 Å². The van der Waals surface area contributed by atoms with Crippen LogP contribution in [0.4, 0.5) is 0 Å². The third-order valence-electron chi connectivity index (χ3n) is 3.26. The molecular formula is C15H22N2O4. The molecule has 1 saturated heterocycles. The Kier molecular flexibility index (Phi) is 5.83. The van der Waals surface area contributed by atoms with E-state index < -0.39 is 0 Å². The molecule has 0 saturated carbocycles. The van der Waals surface area contributed by atoms with Gasteiger partial charge in [0.15, 0.2) is 18.1 Å². The lowest BCUT2D eigenvalue weighted by Crippen LogP contribution is -2.43. The molecule has 0 bridgehead atoms. The molecule has 0 aliphatic carbocycles. The van der Waals surface area contributed by atoms with E-state index in [9.17, 15) is 4.79 Å². The van der Waals surface area contributed by atoms with Crippen molar-refractivity contribution in [1.29, 1.82) is 0 Å². The average molecular weight is 294 g/mol. The molecule has 1 fully saturated rings. The summed E-state index contributed by atoms with van der Waals surface area (Å²) in [5.74, 6) is 1.15. The van der Waals surface area contributed by atoms with Crippen molar-refractivity contribution in [1.82, 2.24) is 4.90 Å². The lowest BCUT2D eigenvalue weighted by molar-refractivity contribution is -0.137. The second-order valence-electron chi connectivity index (χ2n) is 4.70. The van der Waals surface area contributed by atoms with Crippen LogP contribution in [0, 0.1) is 0 Å². The fourth-order valence-corrected chi connectivity index (χ4v) is 2.11. The summed E-state index contributed by atoms with van der Waals surface area (Å²) in [5, 5.41) is 0. The maximum Gasteiger partial charge on any atom is 0.260 e. The van der Waals surface area contributed by atoms with Gasteiger partial charge in [0.05, 0.1) is 19.8 Å². The van der Waals surface area contributed by atoms with Crippen molar-refractivity contribution in [3.8, 4) is 11.5 Å². The largest absolute Gasteiger partial charge is 0.490 e. The second kappa shape index (κ2) is 7.85. The summed E-state index contributed by atoms with van der Waals surface area (Å²) >= 11 is 0. The number of amides is 1. The highest BCUT2D eigenvalue weighted by molar-refractivity contribution is 5.78. The van der Waals surface area contributed by atoms with Crippen molar-refractivity contribution < 1.29 is 19.0 Å². The fraction of sp³-hybridized carbons (Fsp3) is 0.533. The summed E-state index contributed by atoms with van der Waals surface area (Å²) in [7, 11) is 0. The number of hydrogen-bond acceptors (Lipinski definition) is 5. The van der Waals surface area contributed by atoms with Gasteiger partial charge in [-0.2, -0.15) is 0 Å². The molecule has 1 aromatic carbocycles. The summed E-state index contributed by atoms with van der Waals surface area (Å²) in [4.78, 5) is 13.8. The van der Waals surface area contributed by atoms with Crippen molar-refractivity contribution in [2.75, 3.05) is 39.5 Å². The number of hydrogen-bond donors (Lipinski definition) is 1. The van der Waals surface area contributed by atoms with Crippen LogP contribution in [-0.4, -0.2) is 50.3 Å². The van der Waals surface area contributed by atoms with Crippen LogP contribution < -0.4 is 15.2 Å². The number of nitrogens with two attached hydrogens (primary N) is 1. The van der Waals surface area contributed by atoms with Crippen molar-refractivity contribution in [3.05, 3.63) is 23.8 Å². The van der Waals surface area contributed by atoms with Crippen LogP contribution in [0.1, 0.15) is 12.5 Å². The minimum Gasteiger partial charge on any atom is -0.490 e. The van der Waals surface area contributed by atoms with E-state index in [2.05, 4.69) is 0 Å². The molecule has 2 rings (SSSR count). The van der Waals surface area contributed by atoms with E-state index in [1.54, 1.807) is 11.0 Å². The molecule has 1 aromatic rings. The highest BCUT2D eigenvalue weighted by Crippen LogP contribution is 2.28. The Hall–Kier alpha value is -1.79. The van der Waals surface area contributed by atoms with Gasteiger partial charge in [0.1, 0.15) is 0 Å². The van der Waals surface area contributed by atoms with Gasteiger partial charge in [0.2, 0.25) is 0 Å². The molecule has 1 amide bonds. The summed E-state index contributed by atoms with van der Waals surface area (Å²) < 4.78 is 16.4. The van der Waals surface area contributed by atoms with Gasteiger partial charge >= 0.3 is 0 Å². The maximum absolute atomic E-state index is 12.0. The highest BCUT2D eigenvalue weighted by Gasteiger charge is 2.18. The molecule has 1 heterocycles. The molecule has 0 radical (unpaired) electrons. The van der Waals surface area contributed by atoms with Crippen LogP contribution in [0.2, 0.25) is 0 Å². The molecule has 2 N–H and O–H groups in total. The number of benzene rings is 1. The van der Waals surface area contributed by atoms with Gasteiger partial charge in [0, 0.05) is 19.6 Å². The Bertz CT molecular complexity index is 473. The van der Waals surface area contributed by atoms with E-state index in [0.29, 0.717) is 51.0 Å². The molecule has 1 aliphatic rings. The van der Waals surface area contributed by atoms with Crippen molar-refractivity contribution in [2.24, 2.45) is 5.73 Å². The van der Waals surface area contributed by atoms with Crippen LogP contribution >= 0.6 is 0 Å². The standard InChI is InChI=1S/C15H22N2O4/c1-2-20-14-9-12(10-16)3-4-13(14)21-11-15(18)17-5-7-19-8-6-17/h3-4,9H,2,5-8,10-11,16H2,1H3. The number of nitrogens with zero attached hydrogens (tertiary/aromatic N) is 1. The van der Waals surface area contributed by atoms with E-state index in [0.717, 1.165) is 5.56 Å². The Morgan fingerprint density at radius 3 is 2.71 bits per heavy atom. The van der Waals surface area contributed by atoms with Crippen molar-refractivity contribution >= 4 is 5.91 Å². The van der Waals surface area contributed by atoms with Gasteiger partial charge in [-0.15, -0.1) is 0 Å². The Labute approximate surface area is 124 Å². The first kappa shape index (κ1) is 15.6. The van der Waals surface area contributed by atoms with Crippen molar-refractivity contribution in [3.63, 3.8) is 0 Å². The van der Waals surface area contributed by atoms with Gasteiger partial charge in [-0.05, 0) is 24.6 Å². The Morgan fingerprint density at radius 2 is 2.05 bits per heavy atom. The van der Waals surface area contributed by atoms with E-state index in [1.165, 1.54) is 0 Å². The monoisotopic (exact) mass is 294 g/mol. The van der Waals surface area contributed by atoms with Gasteiger partial charge < -0.3 is 24.8 Å². The molecule has 116 valence electrons. The summed E-state index contributed by atoms with van der Waals surface area (Å²) in [6, 6.07) is 5.51. The van der Waals surface area contributed by atoms with Gasteiger partial charge in [-0.25, -0.2) is 0 Å². The molecule has 0 spiro atoms. The van der Waals surface area contributed by atoms with Gasteiger partial charge in [-0.1, -0.05) is 6.07 Å². The molecule has 21 heavy (non-hydrogen) atoms. The molecule has 6 nitrogen and oxygen atoms in total. The summed E-state index contributed by atoms with van der Waals surface area (Å²) in [6.45, 7) is 5.27. The van der Waals surface area contributed by atoms with E-state index in [1.807, 2.05) is 19.1 Å². The smallest absolute Gasteiger partial charge is 0.260 e. The number of morpholine rings is 1. The predicted octanol–water partition coefficient (Wildman–Crippen LogP) is 0.782. The van der Waals surface area contributed by atoms with E-state index in [-0.39, 0.29) is 12.5 Å². The normalized spacial score (nSPS) is 14.9. The Morgan fingerprint density at radius 1 is 1.29 bits per heavy atom. The number of carbonyl (C=O) groups is 1. The molecule has 6 heteroatoms. The molecule has 0 atom stereocenters. The molecular weight excluding hydrogens is 272 g/mol. The van der Waals surface area contributed by atoms with E-state index in [4.69, 9.17) is 19.9 Å². The Balaban J connectivity index is 1.96. The van der Waals surface area contributed by atoms with Crippen LogP contribution in [0.15, 0.2) is 18.2 Å². The highest BCUT2D eigenvalue weighted by atomic mass is 16.5. The quantitative estimate of drug-likeness (QED) is 0.839. The van der Waals surface area contributed by atoms with E-state index >= 15 is 0 Å². The predicted molar refractivity (Wildman–Crippen MR) is 78.4 cm³/mol. The molecule has 0 aromatic heterocycles. The second-order valence-corrected chi connectivity index (χ2v) is 4.70. The lowest BCUT2D eigenvalue weighted by Gasteiger charge is -2.26. The number of rotatable bonds is 6. The zero-order valence-electron chi connectivity index (χ0n) is 12.3. The number of carbonyl (C=O) groups excluding carboxylic acids is 1. The maximum atomic E-state index is 12.0.